The molecule has 1 aliphatic carbocycles. The molecule has 3 rings (SSSR count). The predicted molar refractivity (Wildman–Crippen MR) is 111 cm³/mol. The molecule has 1 aliphatic rings. The van der Waals surface area contributed by atoms with Crippen LogP contribution in [0.4, 0.5) is 10.7 Å². The van der Waals surface area contributed by atoms with Crippen LogP contribution in [0.5, 0.6) is 0 Å². The van der Waals surface area contributed by atoms with Crippen LogP contribution in [0, 0.1) is 12.8 Å². The predicted octanol–water partition coefficient (Wildman–Crippen LogP) is 5.14. The Morgan fingerprint density at radius 3 is 2.57 bits per heavy atom. The highest BCUT2D eigenvalue weighted by Crippen LogP contribution is 2.37. The van der Waals surface area contributed by atoms with Gasteiger partial charge < -0.3 is 15.4 Å². The molecule has 0 spiro atoms. The number of hydrogen-bond acceptors (Lipinski definition) is 5. The molecule has 2 amide bonds. The largest absolute Gasteiger partial charge is 0.462 e. The van der Waals surface area contributed by atoms with Crippen molar-refractivity contribution < 1.29 is 19.1 Å². The lowest BCUT2D eigenvalue weighted by molar-refractivity contribution is -0.117. The zero-order valence-electron chi connectivity index (χ0n) is 15.2. The Hall–Kier alpha value is -2.09. The monoisotopic (exact) mass is 440 g/mol. The van der Waals surface area contributed by atoms with E-state index in [1.165, 1.54) is 0 Å². The van der Waals surface area contributed by atoms with Crippen molar-refractivity contribution in [3.63, 3.8) is 0 Å². The Balaban J connectivity index is 1.93. The SMILES string of the molecule is CCOC(=O)c1c(NC(=O)C2CC2)sc(C(=O)Nc2cccc(Cl)c2Cl)c1C. The molecule has 2 N–H and O–H groups in total. The van der Waals surface area contributed by atoms with Gasteiger partial charge in [-0.3, -0.25) is 9.59 Å². The second-order valence-corrected chi connectivity index (χ2v) is 8.11. The van der Waals surface area contributed by atoms with Gasteiger partial charge in [-0.2, -0.15) is 0 Å². The minimum absolute atomic E-state index is 0.0417. The van der Waals surface area contributed by atoms with E-state index in [-0.39, 0.29) is 33.9 Å². The number of ether oxygens (including phenoxy) is 1. The van der Waals surface area contributed by atoms with Crippen LogP contribution in [-0.4, -0.2) is 24.4 Å². The van der Waals surface area contributed by atoms with Crippen LogP contribution in [0.2, 0.25) is 10.0 Å². The number of benzene rings is 1. The van der Waals surface area contributed by atoms with E-state index in [9.17, 15) is 14.4 Å². The molecule has 1 saturated carbocycles. The van der Waals surface area contributed by atoms with Crippen LogP contribution in [0.1, 0.15) is 45.4 Å². The number of carbonyl (C=O) groups excluding carboxylic acids is 3. The maximum atomic E-state index is 12.8. The summed E-state index contributed by atoms with van der Waals surface area (Å²) in [7, 11) is 0. The molecule has 6 nitrogen and oxygen atoms in total. The third kappa shape index (κ3) is 4.32. The fourth-order valence-electron chi connectivity index (χ4n) is 2.61. The van der Waals surface area contributed by atoms with E-state index in [2.05, 4.69) is 10.6 Å². The average molecular weight is 441 g/mol. The van der Waals surface area contributed by atoms with Gasteiger partial charge in [0.1, 0.15) is 5.00 Å². The molecule has 0 saturated heterocycles. The van der Waals surface area contributed by atoms with E-state index in [0.717, 1.165) is 24.2 Å². The Bertz CT molecular complexity index is 954. The first-order valence-corrected chi connectivity index (χ1v) is 10.3. The van der Waals surface area contributed by atoms with E-state index in [4.69, 9.17) is 27.9 Å². The van der Waals surface area contributed by atoms with E-state index >= 15 is 0 Å². The van der Waals surface area contributed by atoms with Crippen molar-refractivity contribution in [1.29, 1.82) is 0 Å². The maximum Gasteiger partial charge on any atom is 0.341 e. The summed E-state index contributed by atoms with van der Waals surface area (Å²) >= 11 is 13.1. The van der Waals surface area contributed by atoms with Gasteiger partial charge in [0.15, 0.2) is 0 Å². The summed E-state index contributed by atoms with van der Waals surface area (Å²) in [6, 6.07) is 4.90. The Kier molecular flexibility index (Phi) is 6.27. The number of hydrogen-bond donors (Lipinski definition) is 2. The zero-order chi connectivity index (χ0) is 20.4. The lowest BCUT2D eigenvalue weighted by Crippen LogP contribution is -2.16. The number of rotatable bonds is 6. The van der Waals surface area contributed by atoms with E-state index < -0.39 is 11.9 Å². The minimum Gasteiger partial charge on any atom is -0.462 e. The molecule has 148 valence electrons. The van der Waals surface area contributed by atoms with Crippen LogP contribution in [-0.2, 0) is 9.53 Å². The Labute approximate surface area is 176 Å². The van der Waals surface area contributed by atoms with Gasteiger partial charge in [-0.05, 0) is 44.4 Å². The van der Waals surface area contributed by atoms with Gasteiger partial charge in [0.05, 0.1) is 32.8 Å². The molecule has 1 heterocycles. The van der Waals surface area contributed by atoms with Crippen molar-refractivity contribution in [2.75, 3.05) is 17.2 Å². The number of thiophene rings is 1. The summed E-state index contributed by atoms with van der Waals surface area (Å²) in [6.07, 6.45) is 1.65. The molecular weight excluding hydrogens is 423 g/mol. The highest BCUT2D eigenvalue weighted by molar-refractivity contribution is 7.19. The van der Waals surface area contributed by atoms with Crippen LogP contribution < -0.4 is 10.6 Å². The van der Waals surface area contributed by atoms with E-state index in [0.29, 0.717) is 21.3 Å². The van der Waals surface area contributed by atoms with Crippen LogP contribution in [0.3, 0.4) is 0 Å². The normalized spacial score (nSPS) is 13.1. The maximum absolute atomic E-state index is 12.8. The molecule has 1 aromatic heterocycles. The first-order valence-electron chi connectivity index (χ1n) is 8.70. The van der Waals surface area contributed by atoms with Gasteiger partial charge in [0.2, 0.25) is 5.91 Å². The fourth-order valence-corrected chi connectivity index (χ4v) is 4.05. The molecule has 0 unspecified atom stereocenters. The number of nitrogens with one attached hydrogen (secondary N) is 2. The fraction of sp³-hybridized carbons (Fsp3) is 0.316. The molecule has 9 heteroatoms. The molecule has 28 heavy (non-hydrogen) atoms. The van der Waals surface area contributed by atoms with Gasteiger partial charge >= 0.3 is 5.97 Å². The number of halogens is 2. The van der Waals surface area contributed by atoms with Crippen molar-refractivity contribution in [1.82, 2.24) is 0 Å². The number of amides is 2. The molecule has 0 radical (unpaired) electrons. The zero-order valence-corrected chi connectivity index (χ0v) is 17.6. The van der Waals surface area contributed by atoms with Crippen LogP contribution in [0.15, 0.2) is 18.2 Å². The lowest BCUT2D eigenvalue weighted by atomic mass is 10.1. The number of anilines is 2. The number of esters is 1. The standard InChI is InChI=1S/C19H18Cl2N2O4S/c1-3-27-19(26)13-9(2)15(28-18(13)23-16(24)10-7-8-10)17(25)22-12-6-4-5-11(20)14(12)21/h4-6,10H,3,7-8H2,1-2H3,(H,22,25)(H,23,24). The summed E-state index contributed by atoms with van der Waals surface area (Å²) in [6.45, 7) is 3.52. The molecule has 1 fully saturated rings. The first-order chi connectivity index (χ1) is 13.3. The van der Waals surface area contributed by atoms with Crippen LogP contribution >= 0.6 is 34.5 Å². The molecule has 1 aromatic carbocycles. The average Bonchev–Trinajstić information content (AvgIpc) is 3.44. The molecule has 0 aliphatic heterocycles. The lowest BCUT2D eigenvalue weighted by Gasteiger charge is -2.08. The third-order valence-corrected chi connectivity index (χ3v) is 6.24. The second-order valence-electron chi connectivity index (χ2n) is 6.30. The van der Waals surface area contributed by atoms with Crippen molar-refractivity contribution in [3.8, 4) is 0 Å². The Morgan fingerprint density at radius 1 is 1.21 bits per heavy atom. The van der Waals surface area contributed by atoms with Crippen molar-refractivity contribution >= 4 is 63.0 Å². The van der Waals surface area contributed by atoms with Crippen molar-refractivity contribution in [3.05, 3.63) is 44.2 Å². The Morgan fingerprint density at radius 2 is 1.93 bits per heavy atom. The summed E-state index contributed by atoms with van der Waals surface area (Å²) in [5.41, 5.74) is 0.988. The summed E-state index contributed by atoms with van der Waals surface area (Å²) < 4.78 is 5.10. The summed E-state index contributed by atoms with van der Waals surface area (Å²) in [4.78, 5) is 37.7. The van der Waals surface area contributed by atoms with Gasteiger partial charge in [-0.15, -0.1) is 11.3 Å². The van der Waals surface area contributed by atoms with Gasteiger partial charge in [0.25, 0.3) is 5.91 Å². The second kappa shape index (κ2) is 8.51. The molecule has 2 aromatic rings. The van der Waals surface area contributed by atoms with Crippen LogP contribution in [0.25, 0.3) is 0 Å². The quantitative estimate of drug-likeness (QED) is 0.608. The smallest absolute Gasteiger partial charge is 0.341 e. The van der Waals surface area contributed by atoms with E-state index in [1.54, 1.807) is 32.0 Å². The minimum atomic E-state index is -0.581. The van der Waals surface area contributed by atoms with Gasteiger partial charge in [0, 0.05) is 5.92 Å². The third-order valence-electron chi connectivity index (χ3n) is 4.22. The molecular formula is C19H18Cl2N2O4S. The highest BCUT2D eigenvalue weighted by atomic mass is 35.5. The van der Waals surface area contributed by atoms with Gasteiger partial charge in [-0.1, -0.05) is 29.3 Å². The first kappa shape index (κ1) is 20.6. The topological polar surface area (TPSA) is 84.5 Å². The van der Waals surface area contributed by atoms with Crippen molar-refractivity contribution in [2.24, 2.45) is 5.92 Å². The van der Waals surface area contributed by atoms with Crippen molar-refractivity contribution in [2.45, 2.75) is 26.7 Å². The summed E-state index contributed by atoms with van der Waals surface area (Å²) in [5, 5.41) is 6.31. The molecule has 0 bridgehead atoms. The number of carbonyl (C=O) groups is 3. The van der Waals surface area contributed by atoms with E-state index in [1.807, 2.05) is 0 Å². The summed E-state index contributed by atoms with van der Waals surface area (Å²) in [5.74, 6) is -1.23. The highest BCUT2D eigenvalue weighted by Gasteiger charge is 2.33. The molecule has 0 atom stereocenters. The van der Waals surface area contributed by atoms with Gasteiger partial charge in [-0.25, -0.2) is 4.79 Å².